The van der Waals surface area contributed by atoms with Gasteiger partial charge in [-0.3, -0.25) is 0 Å². The zero-order chi connectivity index (χ0) is 33.7. The van der Waals surface area contributed by atoms with E-state index >= 15 is 0 Å². The van der Waals surface area contributed by atoms with E-state index in [1.807, 2.05) is 60.7 Å². The number of fused-ring (bicyclic) bond motifs is 6. The van der Waals surface area contributed by atoms with Crippen LogP contribution in [-0.4, -0.2) is 15.0 Å². The third-order valence-electron chi connectivity index (χ3n) is 10.4. The minimum Gasteiger partial charge on any atom is -0.484 e. The smallest absolute Gasteiger partial charge is 0.164 e. The lowest BCUT2D eigenvalue weighted by atomic mass is 9.75. The van der Waals surface area contributed by atoms with Crippen LogP contribution < -0.4 is 4.74 Å². The van der Waals surface area contributed by atoms with Gasteiger partial charge in [0.1, 0.15) is 11.9 Å². The van der Waals surface area contributed by atoms with Crippen LogP contribution in [0.4, 0.5) is 0 Å². The van der Waals surface area contributed by atoms with Gasteiger partial charge in [-0.25, -0.2) is 15.0 Å². The molecule has 0 radical (unpaired) electrons. The molecular weight excluding hydrogens is 623 g/mol. The standard InChI is InChI=1S/C47H33N3O/c1-3-13-33(14-4-1)45-48-46(34-15-5-2-6-16-34)50-47(49-45)39-20-11-21-42-43(39)41-29-40(37-18-9-10-19-38(37)44(41)51-42)32-25-22-31(23-26-32)36-27-24-30-12-7-8-17-35(30)28-36/h1-22,24-25,27-29,41,44H,23,26H2. The van der Waals surface area contributed by atoms with Crippen molar-refractivity contribution < 1.29 is 4.74 Å². The minimum atomic E-state index is -0.127. The number of hydrogen-bond donors (Lipinski definition) is 0. The first kappa shape index (κ1) is 29.5. The van der Waals surface area contributed by atoms with E-state index in [2.05, 4.69) is 103 Å². The quantitative estimate of drug-likeness (QED) is 0.185. The first-order chi connectivity index (χ1) is 25.3. The van der Waals surface area contributed by atoms with E-state index in [4.69, 9.17) is 19.7 Å². The molecule has 0 fully saturated rings. The zero-order valence-electron chi connectivity index (χ0n) is 27.9. The summed E-state index contributed by atoms with van der Waals surface area (Å²) in [6.45, 7) is 0. The maximum atomic E-state index is 6.83. The molecule has 0 saturated carbocycles. The second-order valence-corrected chi connectivity index (χ2v) is 13.4. The highest BCUT2D eigenvalue weighted by atomic mass is 16.5. The molecule has 242 valence electrons. The Morgan fingerprint density at radius 1 is 0.490 bits per heavy atom. The van der Waals surface area contributed by atoms with Crippen LogP contribution in [0.2, 0.25) is 0 Å². The first-order valence-electron chi connectivity index (χ1n) is 17.6. The van der Waals surface area contributed by atoms with Crippen molar-refractivity contribution in [3.8, 4) is 39.9 Å². The largest absolute Gasteiger partial charge is 0.484 e. The molecule has 10 rings (SSSR count). The van der Waals surface area contributed by atoms with Crippen LogP contribution in [0.15, 0.2) is 169 Å². The van der Waals surface area contributed by atoms with Crippen molar-refractivity contribution in [2.75, 3.05) is 0 Å². The molecule has 1 aromatic heterocycles. The van der Waals surface area contributed by atoms with Gasteiger partial charge in [-0.15, -0.1) is 0 Å². The van der Waals surface area contributed by atoms with Crippen LogP contribution in [-0.2, 0) is 0 Å². The van der Waals surface area contributed by atoms with E-state index in [0.717, 1.165) is 40.8 Å². The van der Waals surface area contributed by atoms with Crippen LogP contribution in [0.3, 0.4) is 0 Å². The van der Waals surface area contributed by atoms with Crippen LogP contribution in [0.5, 0.6) is 5.75 Å². The van der Waals surface area contributed by atoms with Gasteiger partial charge in [0.15, 0.2) is 17.5 Å². The second-order valence-electron chi connectivity index (χ2n) is 13.4. The van der Waals surface area contributed by atoms with Gasteiger partial charge in [-0.05, 0) is 63.6 Å². The zero-order valence-corrected chi connectivity index (χ0v) is 27.9. The molecule has 4 heteroatoms. The molecule has 2 aliphatic carbocycles. The van der Waals surface area contributed by atoms with Crippen LogP contribution >= 0.6 is 0 Å². The molecule has 3 aliphatic rings. The Morgan fingerprint density at radius 3 is 1.86 bits per heavy atom. The molecular formula is C47H33N3O. The van der Waals surface area contributed by atoms with Crippen molar-refractivity contribution in [1.82, 2.24) is 15.0 Å². The van der Waals surface area contributed by atoms with Gasteiger partial charge < -0.3 is 4.74 Å². The maximum absolute atomic E-state index is 6.83. The van der Waals surface area contributed by atoms with Gasteiger partial charge in [0.25, 0.3) is 0 Å². The Kier molecular flexibility index (Phi) is 7.05. The Morgan fingerprint density at radius 2 is 1.12 bits per heavy atom. The van der Waals surface area contributed by atoms with Crippen molar-refractivity contribution in [1.29, 1.82) is 0 Å². The summed E-state index contributed by atoms with van der Waals surface area (Å²) in [5.41, 5.74) is 11.8. The van der Waals surface area contributed by atoms with Gasteiger partial charge in [-0.1, -0.05) is 152 Å². The fraction of sp³-hybridized carbons (Fsp3) is 0.0851. The molecule has 0 saturated heterocycles. The lowest BCUT2D eigenvalue weighted by Gasteiger charge is -2.29. The molecule has 2 unspecified atom stereocenters. The molecule has 2 heterocycles. The maximum Gasteiger partial charge on any atom is 0.164 e. The summed E-state index contributed by atoms with van der Waals surface area (Å²) in [7, 11) is 0. The summed E-state index contributed by atoms with van der Waals surface area (Å²) in [5.74, 6) is 2.84. The van der Waals surface area contributed by atoms with Crippen LogP contribution in [0.25, 0.3) is 56.1 Å². The van der Waals surface area contributed by atoms with Crippen LogP contribution in [0.1, 0.15) is 47.1 Å². The highest BCUT2D eigenvalue weighted by molar-refractivity contribution is 5.89. The number of nitrogens with zero attached hydrogens (tertiary/aromatic N) is 3. The van der Waals surface area contributed by atoms with Crippen molar-refractivity contribution in [2.45, 2.75) is 24.9 Å². The van der Waals surface area contributed by atoms with Crippen LogP contribution in [0, 0.1) is 0 Å². The van der Waals surface area contributed by atoms with E-state index in [1.54, 1.807) is 0 Å². The van der Waals surface area contributed by atoms with E-state index in [0.29, 0.717) is 17.5 Å². The third-order valence-corrected chi connectivity index (χ3v) is 10.4. The van der Waals surface area contributed by atoms with Crippen molar-refractivity contribution in [3.05, 3.63) is 192 Å². The Bertz CT molecular complexity index is 2510. The van der Waals surface area contributed by atoms with E-state index in [9.17, 15) is 0 Å². The molecule has 6 aromatic carbocycles. The lowest BCUT2D eigenvalue weighted by molar-refractivity contribution is 0.223. The number of hydrogen-bond acceptors (Lipinski definition) is 4. The average Bonchev–Trinajstić information content (AvgIpc) is 3.60. The molecule has 1 aliphatic heterocycles. The summed E-state index contributed by atoms with van der Waals surface area (Å²) in [6.07, 6.45) is 8.94. The molecule has 2 atom stereocenters. The van der Waals surface area contributed by atoms with Gasteiger partial charge in [-0.2, -0.15) is 0 Å². The van der Waals surface area contributed by atoms with Gasteiger partial charge in [0.05, 0.1) is 0 Å². The highest BCUT2D eigenvalue weighted by Crippen LogP contribution is 2.55. The molecule has 0 spiro atoms. The van der Waals surface area contributed by atoms with Crippen molar-refractivity contribution in [2.24, 2.45) is 0 Å². The molecule has 4 nitrogen and oxygen atoms in total. The highest BCUT2D eigenvalue weighted by Gasteiger charge is 2.41. The third kappa shape index (κ3) is 5.19. The van der Waals surface area contributed by atoms with Gasteiger partial charge in [0, 0.05) is 33.7 Å². The van der Waals surface area contributed by atoms with Gasteiger partial charge >= 0.3 is 0 Å². The summed E-state index contributed by atoms with van der Waals surface area (Å²) < 4.78 is 6.83. The molecule has 0 amide bonds. The Balaban J connectivity index is 1.09. The summed E-state index contributed by atoms with van der Waals surface area (Å²) in [4.78, 5) is 15.2. The predicted molar refractivity (Wildman–Crippen MR) is 206 cm³/mol. The Labute approximate surface area is 297 Å². The monoisotopic (exact) mass is 655 g/mol. The number of aromatic nitrogens is 3. The van der Waals surface area contributed by atoms with E-state index in [1.165, 1.54) is 44.2 Å². The molecule has 7 aromatic rings. The van der Waals surface area contributed by atoms with Crippen molar-refractivity contribution in [3.63, 3.8) is 0 Å². The number of benzene rings is 6. The lowest BCUT2D eigenvalue weighted by Crippen LogP contribution is -2.16. The molecule has 51 heavy (non-hydrogen) atoms. The summed E-state index contributed by atoms with van der Waals surface area (Å²) in [5, 5.41) is 2.55. The predicted octanol–water partition coefficient (Wildman–Crippen LogP) is 11.4. The Hall–Kier alpha value is -6.39. The topological polar surface area (TPSA) is 47.9 Å². The fourth-order valence-corrected chi connectivity index (χ4v) is 7.93. The average molecular weight is 656 g/mol. The SMILES string of the molecule is C1=C(C2=CC3c4c(cccc4-c4nc(-c5ccccc5)nc(-c5ccccc5)n4)OC3c3ccccc32)CCC(c2ccc3ccccc3c2)=C1. The van der Waals surface area contributed by atoms with Gasteiger partial charge in [0.2, 0.25) is 0 Å². The first-order valence-corrected chi connectivity index (χ1v) is 17.6. The van der Waals surface area contributed by atoms with E-state index < -0.39 is 0 Å². The fourth-order valence-electron chi connectivity index (χ4n) is 7.93. The number of allylic oxidation sites excluding steroid dienone is 5. The summed E-state index contributed by atoms with van der Waals surface area (Å²) >= 11 is 0. The summed E-state index contributed by atoms with van der Waals surface area (Å²) in [6, 6.07) is 50.7. The molecule has 0 N–H and O–H groups in total. The van der Waals surface area contributed by atoms with E-state index in [-0.39, 0.29) is 12.0 Å². The molecule has 0 bridgehead atoms. The van der Waals surface area contributed by atoms with Crippen molar-refractivity contribution >= 4 is 21.9 Å². The normalized spacial score (nSPS) is 17.4. The number of ether oxygens (including phenoxy) is 1. The second kappa shape index (κ2) is 12.2. The minimum absolute atomic E-state index is 0.00461. The number of rotatable bonds is 5.